The highest BCUT2D eigenvalue weighted by Crippen LogP contribution is 2.23. The molecule has 2 aromatic rings. The maximum absolute atomic E-state index is 12.2. The van der Waals surface area contributed by atoms with E-state index in [1.54, 1.807) is 24.0 Å². The Morgan fingerprint density at radius 1 is 1.48 bits per heavy atom. The molecule has 2 rings (SSSR count). The van der Waals surface area contributed by atoms with E-state index >= 15 is 0 Å². The Balaban J connectivity index is 2.23. The van der Waals surface area contributed by atoms with Gasteiger partial charge < -0.3 is 9.67 Å². The quantitative estimate of drug-likeness (QED) is 0.823. The van der Waals surface area contributed by atoms with E-state index in [1.807, 2.05) is 0 Å². The lowest BCUT2D eigenvalue weighted by Crippen LogP contribution is -2.25. The van der Waals surface area contributed by atoms with Gasteiger partial charge in [0.1, 0.15) is 5.82 Å². The van der Waals surface area contributed by atoms with E-state index in [1.165, 1.54) is 18.2 Å². The molecule has 0 aliphatic carbocycles. The Morgan fingerprint density at radius 2 is 2.19 bits per heavy atom. The standard InChI is InChI=1S/C12H12BrN3O4S/c1-16-5-4-14-11(16)7-15-21(19,20)10-3-2-8(12(17)18)6-9(10)13/h2-6,15H,7H2,1H3,(H,17,18). The van der Waals surface area contributed by atoms with Crippen LogP contribution in [0.2, 0.25) is 0 Å². The second-order valence-electron chi connectivity index (χ2n) is 4.23. The van der Waals surface area contributed by atoms with Crippen LogP contribution in [0.25, 0.3) is 0 Å². The van der Waals surface area contributed by atoms with Crippen LogP contribution in [0.4, 0.5) is 0 Å². The van der Waals surface area contributed by atoms with Crippen molar-refractivity contribution in [1.82, 2.24) is 14.3 Å². The first-order valence-electron chi connectivity index (χ1n) is 5.80. The Hall–Kier alpha value is -1.71. The second kappa shape index (κ2) is 5.96. The number of sulfonamides is 1. The van der Waals surface area contributed by atoms with E-state index in [-0.39, 0.29) is 21.5 Å². The zero-order valence-electron chi connectivity index (χ0n) is 10.9. The van der Waals surface area contributed by atoms with E-state index < -0.39 is 16.0 Å². The molecule has 0 aliphatic rings. The molecule has 1 aromatic carbocycles. The van der Waals surface area contributed by atoms with Crippen molar-refractivity contribution in [2.75, 3.05) is 0 Å². The van der Waals surface area contributed by atoms with E-state index in [4.69, 9.17) is 5.11 Å². The molecule has 1 heterocycles. The predicted octanol–water partition coefficient (Wildman–Crippen LogP) is 1.36. The van der Waals surface area contributed by atoms with Crippen molar-refractivity contribution in [3.05, 3.63) is 46.5 Å². The molecule has 0 fully saturated rings. The number of nitrogens with zero attached hydrogens (tertiary/aromatic N) is 2. The van der Waals surface area contributed by atoms with Gasteiger partial charge in [-0.25, -0.2) is 22.9 Å². The van der Waals surface area contributed by atoms with Crippen molar-refractivity contribution in [2.24, 2.45) is 7.05 Å². The van der Waals surface area contributed by atoms with Crippen LogP contribution in [0, 0.1) is 0 Å². The first-order valence-corrected chi connectivity index (χ1v) is 8.07. The van der Waals surface area contributed by atoms with Crippen LogP contribution in [-0.4, -0.2) is 29.0 Å². The Morgan fingerprint density at radius 3 is 2.71 bits per heavy atom. The number of benzene rings is 1. The molecular formula is C12H12BrN3O4S. The number of aromatic carboxylic acids is 1. The highest BCUT2D eigenvalue weighted by Gasteiger charge is 2.19. The van der Waals surface area contributed by atoms with Crippen LogP contribution >= 0.6 is 15.9 Å². The van der Waals surface area contributed by atoms with Crippen LogP contribution in [-0.2, 0) is 23.6 Å². The molecule has 0 aliphatic heterocycles. The number of aryl methyl sites for hydroxylation is 1. The largest absolute Gasteiger partial charge is 0.478 e. The van der Waals surface area contributed by atoms with Gasteiger partial charge in [-0.15, -0.1) is 0 Å². The molecule has 0 saturated carbocycles. The maximum atomic E-state index is 12.2. The van der Waals surface area contributed by atoms with Crippen molar-refractivity contribution in [2.45, 2.75) is 11.4 Å². The van der Waals surface area contributed by atoms with E-state index in [0.717, 1.165) is 0 Å². The molecule has 0 atom stereocenters. The number of aromatic nitrogens is 2. The summed E-state index contributed by atoms with van der Waals surface area (Å²) in [6.45, 7) is 0.0406. The van der Waals surface area contributed by atoms with E-state index in [2.05, 4.69) is 25.6 Å². The van der Waals surface area contributed by atoms with E-state index in [0.29, 0.717) is 5.82 Å². The van der Waals surface area contributed by atoms with Gasteiger partial charge in [0.2, 0.25) is 10.0 Å². The van der Waals surface area contributed by atoms with Crippen LogP contribution in [0.3, 0.4) is 0 Å². The molecule has 0 spiro atoms. The summed E-state index contributed by atoms with van der Waals surface area (Å²) in [5, 5.41) is 8.86. The molecule has 0 radical (unpaired) electrons. The molecule has 9 heteroatoms. The smallest absolute Gasteiger partial charge is 0.335 e. The topological polar surface area (TPSA) is 101 Å². The van der Waals surface area contributed by atoms with Crippen molar-refractivity contribution < 1.29 is 18.3 Å². The number of carboxylic acids is 1. The summed E-state index contributed by atoms with van der Waals surface area (Å²) in [6.07, 6.45) is 3.28. The Labute approximate surface area is 129 Å². The van der Waals surface area contributed by atoms with Gasteiger partial charge in [0.05, 0.1) is 17.0 Å². The number of hydrogen-bond acceptors (Lipinski definition) is 4. The third kappa shape index (κ3) is 3.49. The number of imidazole rings is 1. The summed E-state index contributed by atoms with van der Waals surface area (Å²) in [5.74, 6) is -0.558. The summed E-state index contributed by atoms with van der Waals surface area (Å²) in [4.78, 5) is 14.8. The number of carbonyl (C=O) groups is 1. The van der Waals surface area contributed by atoms with Gasteiger partial charge >= 0.3 is 5.97 Å². The van der Waals surface area contributed by atoms with E-state index in [9.17, 15) is 13.2 Å². The van der Waals surface area contributed by atoms with Crippen molar-refractivity contribution >= 4 is 31.9 Å². The van der Waals surface area contributed by atoms with Crippen LogP contribution in [0.1, 0.15) is 16.2 Å². The summed E-state index contributed by atoms with van der Waals surface area (Å²) in [7, 11) is -2.01. The maximum Gasteiger partial charge on any atom is 0.335 e. The van der Waals surface area contributed by atoms with Crippen molar-refractivity contribution in [3.8, 4) is 0 Å². The van der Waals surface area contributed by atoms with Crippen molar-refractivity contribution in [1.29, 1.82) is 0 Å². The molecule has 21 heavy (non-hydrogen) atoms. The van der Waals surface area contributed by atoms with Gasteiger partial charge in [0, 0.05) is 23.9 Å². The molecular weight excluding hydrogens is 362 g/mol. The molecule has 0 saturated heterocycles. The van der Waals surface area contributed by atoms with Gasteiger partial charge in [-0.3, -0.25) is 0 Å². The van der Waals surface area contributed by atoms with Gasteiger partial charge in [0.25, 0.3) is 0 Å². The zero-order chi connectivity index (χ0) is 15.6. The third-order valence-electron chi connectivity index (χ3n) is 2.81. The zero-order valence-corrected chi connectivity index (χ0v) is 13.3. The van der Waals surface area contributed by atoms with Crippen LogP contribution < -0.4 is 4.72 Å². The molecule has 112 valence electrons. The minimum Gasteiger partial charge on any atom is -0.478 e. The second-order valence-corrected chi connectivity index (χ2v) is 6.82. The number of halogens is 1. The summed E-state index contributed by atoms with van der Waals surface area (Å²) in [5.41, 5.74) is 0.00456. The molecule has 1 aromatic heterocycles. The molecule has 0 unspecified atom stereocenters. The summed E-state index contributed by atoms with van der Waals surface area (Å²) in [6, 6.07) is 3.73. The van der Waals surface area contributed by atoms with Crippen molar-refractivity contribution in [3.63, 3.8) is 0 Å². The normalized spacial score (nSPS) is 11.5. The average molecular weight is 374 g/mol. The van der Waals surface area contributed by atoms with Crippen LogP contribution in [0.5, 0.6) is 0 Å². The minimum absolute atomic E-state index is 0.00456. The number of nitrogens with one attached hydrogen (secondary N) is 1. The summed E-state index contributed by atoms with van der Waals surface area (Å²) < 4.78 is 28.7. The fraction of sp³-hybridized carbons (Fsp3) is 0.167. The number of hydrogen-bond donors (Lipinski definition) is 2. The van der Waals surface area contributed by atoms with Crippen LogP contribution in [0.15, 0.2) is 40.0 Å². The number of rotatable bonds is 5. The van der Waals surface area contributed by atoms with Gasteiger partial charge in [0.15, 0.2) is 0 Å². The Kier molecular flexibility index (Phi) is 4.45. The average Bonchev–Trinajstić information content (AvgIpc) is 2.81. The third-order valence-corrected chi connectivity index (χ3v) is 5.19. The lowest BCUT2D eigenvalue weighted by Gasteiger charge is -2.09. The lowest BCUT2D eigenvalue weighted by atomic mass is 10.2. The molecule has 7 nitrogen and oxygen atoms in total. The minimum atomic E-state index is -3.77. The Bertz CT molecular complexity index is 786. The SMILES string of the molecule is Cn1ccnc1CNS(=O)(=O)c1ccc(C(=O)O)cc1Br. The van der Waals surface area contributed by atoms with Gasteiger partial charge in [-0.1, -0.05) is 0 Å². The predicted molar refractivity (Wildman–Crippen MR) is 78.3 cm³/mol. The summed E-state index contributed by atoms with van der Waals surface area (Å²) >= 11 is 3.08. The number of carboxylic acid groups (broad SMARTS) is 1. The highest BCUT2D eigenvalue weighted by atomic mass is 79.9. The monoisotopic (exact) mass is 373 g/mol. The molecule has 0 amide bonds. The fourth-order valence-corrected chi connectivity index (χ4v) is 3.71. The molecule has 0 bridgehead atoms. The highest BCUT2D eigenvalue weighted by molar-refractivity contribution is 9.10. The van der Waals surface area contributed by atoms with Gasteiger partial charge in [-0.05, 0) is 34.1 Å². The van der Waals surface area contributed by atoms with Gasteiger partial charge in [-0.2, -0.15) is 0 Å². The first-order chi connectivity index (χ1) is 9.81. The lowest BCUT2D eigenvalue weighted by molar-refractivity contribution is 0.0696. The fourth-order valence-electron chi connectivity index (χ4n) is 1.66. The molecule has 2 N–H and O–H groups in total. The first kappa shape index (κ1) is 15.7.